The van der Waals surface area contributed by atoms with E-state index in [9.17, 15) is 5.26 Å². The first-order valence-electron chi connectivity index (χ1n) is 6.77. The molecule has 3 nitrogen and oxygen atoms in total. The molecule has 1 unspecified atom stereocenters. The van der Waals surface area contributed by atoms with Crippen LogP contribution in [-0.2, 0) is 0 Å². The van der Waals surface area contributed by atoms with Gasteiger partial charge in [0.15, 0.2) is 0 Å². The molecule has 0 aliphatic heterocycles. The maximum absolute atomic E-state index is 9.20. The van der Waals surface area contributed by atoms with Crippen molar-refractivity contribution in [2.45, 2.75) is 13.8 Å². The van der Waals surface area contributed by atoms with Crippen molar-refractivity contribution in [1.82, 2.24) is 0 Å². The molecule has 0 heterocycles. The molecule has 0 aliphatic rings. The second kappa shape index (κ2) is 6.08. The Balaban J connectivity index is 2.55. The summed E-state index contributed by atoms with van der Waals surface area (Å²) in [6.45, 7) is 5.54. The first-order chi connectivity index (χ1) is 9.71. The Morgan fingerprint density at radius 3 is 2.40 bits per heavy atom. The minimum Gasteiger partial charge on any atom is -0.370 e. The van der Waals surface area contributed by atoms with Gasteiger partial charge in [-0.3, -0.25) is 0 Å². The Bertz CT molecular complexity index is 691. The summed E-state index contributed by atoms with van der Waals surface area (Å²) in [5.74, 6) is -0.0237. The molecule has 0 bridgehead atoms. The van der Waals surface area contributed by atoms with Crippen molar-refractivity contribution in [2.75, 3.05) is 18.0 Å². The van der Waals surface area contributed by atoms with Gasteiger partial charge >= 0.3 is 0 Å². The highest BCUT2D eigenvalue weighted by atomic mass is 15.1. The SMILES string of the molecule is CCN(CC(C)C#N)c1ccc(C#N)c2ccccc12. The first-order valence-corrected chi connectivity index (χ1v) is 6.77. The van der Waals surface area contributed by atoms with Crippen molar-refractivity contribution in [1.29, 1.82) is 10.5 Å². The zero-order valence-electron chi connectivity index (χ0n) is 11.8. The van der Waals surface area contributed by atoms with E-state index in [2.05, 4.69) is 24.0 Å². The summed E-state index contributed by atoms with van der Waals surface area (Å²) < 4.78 is 0. The van der Waals surface area contributed by atoms with Gasteiger partial charge in [0.05, 0.1) is 23.6 Å². The fourth-order valence-corrected chi connectivity index (χ4v) is 2.43. The molecule has 100 valence electrons. The van der Waals surface area contributed by atoms with Crippen molar-refractivity contribution in [3.63, 3.8) is 0 Å². The molecule has 2 aromatic rings. The highest BCUT2D eigenvalue weighted by Gasteiger charge is 2.13. The number of hydrogen-bond donors (Lipinski definition) is 0. The predicted molar refractivity (Wildman–Crippen MR) is 81.3 cm³/mol. The van der Waals surface area contributed by atoms with Crippen LogP contribution < -0.4 is 4.90 Å². The molecule has 0 saturated heterocycles. The number of fused-ring (bicyclic) bond motifs is 1. The maximum Gasteiger partial charge on any atom is 0.0998 e. The maximum atomic E-state index is 9.20. The predicted octanol–water partition coefficient (Wildman–Crippen LogP) is 3.70. The summed E-state index contributed by atoms with van der Waals surface area (Å²) in [6, 6.07) is 16.3. The van der Waals surface area contributed by atoms with Gasteiger partial charge in [0.2, 0.25) is 0 Å². The molecule has 0 fully saturated rings. The molecular formula is C17H17N3. The molecule has 0 saturated carbocycles. The van der Waals surface area contributed by atoms with E-state index in [-0.39, 0.29) is 5.92 Å². The van der Waals surface area contributed by atoms with E-state index in [1.165, 1.54) is 0 Å². The van der Waals surface area contributed by atoms with Crippen molar-refractivity contribution in [3.8, 4) is 12.1 Å². The summed E-state index contributed by atoms with van der Waals surface area (Å²) in [6.07, 6.45) is 0. The highest BCUT2D eigenvalue weighted by Crippen LogP contribution is 2.29. The molecule has 2 rings (SSSR count). The molecule has 0 aromatic heterocycles. The van der Waals surface area contributed by atoms with Crippen molar-refractivity contribution in [3.05, 3.63) is 42.0 Å². The molecule has 0 amide bonds. The largest absolute Gasteiger partial charge is 0.370 e. The van der Waals surface area contributed by atoms with E-state index in [0.717, 1.165) is 23.0 Å². The van der Waals surface area contributed by atoms with E-state index in [1.807, 2.05) is 43.3 Å². The van der Waals surface area contributed by atoms with Gasteiger partial charge in [-0.1, -0.05) is 24.3 Å². The van der Waals surface area contributed by atoms with Gasteiger partial charge in [-0.05, 0) is 26.0 Å². The third kappa shape index (κ3) is 2.58. The molecule has 1 atom stereocenters. The molecule has 0 aliphatic carbocycles. The van der Waals surface area contributed by atoms with Gasteiger partial charge in [0.1, 0.15) is 0 Å². The van der Waals surface area contributed by atoms with Crippen LogP contribution in [0.3, 0.4) is 0 Å². The third-order valence-corrected chi connectivity index (χ3v) is 3.46. The monoisotopic (exact) mass is 263 g/mol. The van der Waals surface area contributed by atoms with Gasteiger partial charge in [-0.2, -0.15) is 10.5 Å². The smallest absolute Gasteiger partial charge is 0.0998 e. The van der Waals surface area contributed by atoms with E-state index < -0.39 is 0 Å². The molecule has 2 aromatic carbocycles. The average molecular weight is 263 g/mol. The fraction of sp³-hybridized carbons (Fsp3) is 0.294. The van der Waals surface area contributed by atoms with E-state index >= 15 is 0 Å². The minimum absolute atomic E-state index is 0.0237. The third-order valence-electron chi connectivity index (χ3n) is 3.46. The zero-order chi connectivity index (χ0) is 14.5. The summed E-state index contributed by atoms with van der Waals surface area (Å²) in [5, 5.41) is 20.2. The van der Waals surface area contributed by atoms with Gasteiger partial charge in [-0.25, -0.2) is 0 Å². The quantitative estimate of drug-likeness (QED) is 0.845. The summed E-state index contributed by atoms with van der Waals surface area (Å²) in [4.78, 5) is 2.19. The summed E-state index contributed by atoms with van der Waals surface area (Å²) in [5.41, 5.74) is 1.78. The Morgan fingerprint density at radius 2 is 1.80 bits per heavy atom. The molecule has 3 heteroatoms. The van der Waals surface area contributed by atoms with Gasteiger partial charge in [-0.15, -0.1) is 0 Å². The molecular weight excluding hydrogens is 246 g/mol. The molecule has 20 heavy (non-hydrogen) atoms. The number of rotatable bonds is 4. The Kier molecular flexibility index (Phi) is 4.23. The van der Waals surface area contributed by atoms with Crippen molar-refractivity contribution < 1.29 is 0 Å². The molecule has 0 spiro atoms. The van der Waals surface area contributed by atoms with Crippen LogP contribution in [0.4, 0.5) is 5.69 Å². The second-order valence-electron chi connectivity index (χ2n) is 4.86. The van der Waals surface area contributed by atoms with Gasteiger partial charge in [0.25, 0.3) is 0 Å². The van der Waals surface area contributed by atoms with E-state index in [0.29, 0.717) is 12.1 Å². The van der Waals surface area contributed by atoms with E-state index in [4.69, 9.17) is 5.26 Å². The lowest BCUT2D eigenvalue weighted by Crippen LogP contribution is -2.27. The number of nitriles is 2. The van der Waals surface area contributed by atoms with Crippen molar-refractivity contribution in [2.24, 2.45) is 5.92 Å². The Hall–Kier alpha value is -2.52. The van der Waals surface area contributed by atoms with Crippen LogP contribution in [0.25, 0.3) is 10.8 Å². The summed E-state index contributed by atoms with van der Waals surface area (Å²) in [7, 11) is 0. The standard InChI is InChI=1S/C17H17N3/c1-3-20(12-13(2)10-18)17-9-8-14(11-19)15-6-4-5-7-16(15)17/h4-9,13H,3,12H2,1-2H3. The van der Waals surface area contributed by atoms with Gasteiger partial charge in [0, 0.05) is 29.5 Å². The Labute approximate surface area is 119 Å². The number of anilines is 1. The lowest BCUT2D eigenvalue weighted by molar-refractivity contribution is 0.688. The molecule has 0 radical (unpaired) electrons. The lowest BCUT2D eigenvalue weighted by Gasteiger charge is -2.26. The minimum atomic E-state index is -0.0237. The second-order valence-corrected chi connectivity index (χ2v) is 4.86. The van der Waals surface area contributed by atoms with Crippen LogP contribution >= 0.6 is 0 Å². The van der Waals surface area contributed by atoms with Crippen LogP contribution in [0.2, 0.25) is 0 Å². The van der Waals surface area contributed by atoms with Gasteiger partial charge < -0.3 is 4.90 Å². The topological polar surface area (TPSA) is 50.8 Å². The normalized spacial score (nSPS) is 11.6. The fourth-order valence-electron chi connectivity index (χ4n) is 2.43. The van der Waals surface area contributed by atoms with Crippen molar-refractivity contribution >= 4 is 16.5 Å². The Morgan fingerprint density at radius 1 is 1.10 bits per heavy atom. The summed E-state index contributed by atoms with van der Waals surface area (Å²) >= 11 is 0. The van der Waals surface area contributed by atoms with Crippen LogP contribution in [0.1, 0.15) is 19.4 Å². The van der Waals surface area contributed by atoms with Crippen LogP contribution in [0, 0.1) is 28.6 Å². The van der Waals surface area contributed by atoms with Crippen LogP contribution in [0.15, 0.2) is 36.4 Å². The number of nitrogens with zero attached hydrogens (tertiary/aromatic N) is 3. The van der Waals surface area contributed by atoms with Crippen LogP contribution in [0.5, 0.6) is 0 Å². The number of hydrogen-bond acceptors (Lipinski definition) is 3. The van der Waals surface area contributed by atoms with Crippen LogP contribution in [-0.4, -0.2) is 13.1 Å². The van der Waals surface area contributed by atoms with E-state index in [1.54, 1.807) is 0 Å². The lowest BCUT2D eigenvalue weighted by atomic mass is 10.0. The molecule has 0 N–H and O–H groups in total. The highest BCUT2D eigenvalue weighted by molar-refractivity contribution is 5.97. The number of benzene rings is 2. The first kappa shape index (κ1) is 13.9. The average Bonchev–Trinajstić information content (AvgIpc) is 2.51. The zero-order valence-corrected chi connectivity index (χ0v) is 11.8.